The van der Waals surface area contributed by atoms with Crippen LogP contribution in [0, 0.1) is 6.92 Å². The predicted octanol–water partition coefficient (Wildman–Crippen LogP) is 2.18. The van der Waals surface area contributed by atoms with E-state index in [1.165, 1.54) is 7.05 Å². The lowest BCUT2D eigenvalue weighted by Crippen LogP contribution is -2.23. The molecule has 0 aliphatic carbocycles. The van der Waals surface area contributed by atoms with Crippen molar-refractivity contribution in [3.8, 4) is 0 Å². The molecule has 0 heterocycles. The molecule has 0 spiro atoms. The number of benzene rings is 2. The Labute approximate surface area is 128 Å². The quantitative estimate of drug-likeness (QED) is 0.670. The van der Waals surface area contributed by atoms with E-state index in [0.717, 1.165) is 5.56 Å². The molecule has 0 atom stereocenters. The smallest absolute Gasteiger partial charge is 0.296 e. The number of Topliss-reactive ketones (excluding diaryl/α,β-unsaturated/α-hetero) is 1. The molecule has 0 fully saturated rings. The van der Waals surface area contributed by atoms with Crippen LogP contribution in [-0.2, 0) is 4.79 Å². The SMILES string of the molecule is CNC(=O)c1ccc(NC(=O)C(=O)c2ccc(C)cc2)cc1. The molecule has 0 saturated carbocycles. The van der Waals surface area contributed by atoms with Gasteiger partial charge in [-0.1, -0.05) is 29.8 Å². The Morgan fingerprint density at radius 2 is 1.36 bits per heavy atom. The zero-order valence-electron chi connectivity index (χ0n) is 12.3. The third kappa shape index (κ3) is 3.58. The van der Waals surface area contributed by atoms with Crippen LogP contribution in [0.5, 0.6) is 0 Å². The van der Waals surface area contributed by atoms with Crippen LogP contribution in [-0.4, -0.2) is 24.6 Å². The van der Waals surface area contributed by atoms with Crippen LogP contribution in [0.25, 0.3) is 0 Å². The molecule has 2 aromatic carbocycles. The Morgan fingerprint density at radius 3 is 1.91 bits per heavy atom. The zero-order chi connectivity index (χ0) is 16.1. The fourth-order valence-corrected chi connectivity index (χ4v) is 1.87. The summed E-state index contributed by atoms with van der Waals surface area (Å²) >= 11 is 0. The molecule has 5 heteroatoms. The van der Waals surface area contributed by atoms with Gasteiger partial charge in [0.2, 0.25) is 0 Å². The van der Waals surface area contributed by atoms with Crippen LogP contribution in [0.1, 0.15) is 26.3 Å². The van der Waals surface area contributed by atoms with Crippen molar-refractivity contribution in [2.75, 3.05) is 12.4 Å². The van der Waals surface area contributed by atoms with Gasteiger partial charge in [0.05, 0.1) is 0 Å². The van der Waals surface area contributed by atoms with E-state index in [4.69, 9.17) is 0 Å². The molecular weight excluding hydrogens is 280 g/mol. The maximum atomic E-state index is 12.0. The van der Waals surface area contributed by atoms with E-state index in [-0.39, 0.29) is 5.91 Å². The fourth-order valence-electron chi connectivity index (χ4n) is 1.87. The van der Waals surface area contributed by atoms with Gasteiger partial charge in [-0.05, 0) is 31.2 Å². The van der Waals surface area contributed by atoms with E-state index in [1.54, 1.807) is 48.5 Å². The lowest BCUT2D eigenvalue weighted by atomic mass is 10.1. The van der Waals surface area contributed by atoms with Crippen LogP contribution in [0.4, 0.5) is 5.69 Å². The summed E-state index contributed by atoms with van der Waals surface area (Å²) in [7, 11) is 1.54. The largest absolute Gasteiger partial charge is 0.355 e. The third-order valence-electron chi connectivity index (χ3n) is 3.15. The minimum atomic E-state index is -0.712. The molecule has 2 amide bonds. The first-order valence-electron chi connectivity index (χ1n) is 6.76. The van der Waals surface area contributed by atoms with Gasteiger partial charge in [0.25, 0.3) is 17.6 Å². The van der Waals surface area contributed by atoms with E-state index < -0.39 is 11.7 Å². The topological polar surface area (TPSA) is 75.3 Å². The summed E-state index contributed by atoms with van der Waals surface area (Å²) in [6.07, 6.45) is 0. The van der Waals surface area contributed by atoms with Gasteiger partial charge < -0.3 is 10.6 Å². The highest BCUT2D eigenvalue weighted by Gasteiger charge is 2.16. The maximum absolute atomic E-state index is 12.0. The lowest BCUT2D eigenvalue weighted by molar-refractivity contribution is -0.112. The molecule has 2 rings (SSSR count). The number of hydrogen-bond donors (Lipinski definition) is 2. The molecule has 5 nitrogen and oxygen atoms in total. The van der Waals surface area contributed by atoms with E-state index in [9.17, 15) is 14.4 Å². The van der Waals surface area contributed by atoms with Gasteiger partial charge in [-0.15, -0.1) is 0 Å². The molecule has 0 radical (unpaired) electrons. The number of amides is 2. The highest BCUT2D eigenvalue weighted by Crippen LogP contribution is 2.11. The minimum Gasteiger partial charge on any atom is -0.355 e. The summed E-state index contributed by atoms with van der Waals surface area (Å²) in [6.45, 7) is 1.91. The Balaban J connectivity index is 2.06. The molecule has 0 bridgehead atoms. The number of anilines is 1. The van der Waals surface area contributed by atoms with Crippen LogP contribution >= 0.6 is 0 Å². The number of rotatable bonds is 4. The third-order valence-corrected chi connectivity index (χ3v) is 3.15. The number of ketones is 1. The van der Waals surface area contributed by atoms with Crippen molar-refractivity contribution in [2.45, 2.75) is 6.92 Å². The molecule has 2 N–H and O–H groups in total. The van der Waals surface area contributed by atoms with Crippen molar-refractivity contribution in [1.29, 1.82) is 0 Å². The summed E-state index contributed by atoms with van der Waals surface area (Å²) in [4.78, 5) is 35.4. The van der Waals surface area contributed by atoms with Crippen molar-refractivity contribution in [3.05, 3.63) is 65.2 Å². The molecule has 112 valence electrons. The number of carbonyl (C=O) groups is 3. The first kappa shape index (κ1) is 15.4. The van der Waals surface area contributed by atoms with Crippen molar-refractivity contribution in [1.82, 2.24) is 5.32 Å². The van der Waals surface area contributed by atoms with Gasteiger partial charge in [-0.25, -0.2) is 0 Å². The average Bonchev–Trinajstić information content (AvgIpc) is 2.54. The van der Waals surface area contributed by atoms with Gasteiger partial charge in [0.1, 0.15) is 0 Å². The fraction of sp³-hybridized carbons (Fsp3) is 0.118. The van der Waals surface area contributed by atoms with Crippen molar-refractivity contribution in [2.24, 2.45) is 0 Å². The van der Waals surface area contributed by atoms with Gasteiger partial charge in [0, 0.05) is 23.9 Å². The molecular formula is C17H16N2O3. The van der Waals surface area contributed by atoms with Crippen LogP contribution in [0.3, 0.4) is 0 Å². The molecule has 0 aromatic heterocycles. The summed E-state index contributed by atoms with van der Waals surface area (Å²) < 4.78 is 0. The van der Waals surface area contributed by atoms with Crippen LogP contribution in [0.15, 0.2) is 48.5 Å². The lowest BCUT2D eigenvalue weighted by Gasteiger charge is -2.06. The summed E-state index contributed by atoms with van der Waals surface area (Å²) in [5.41, 5.74) is 2.29. The molecule has 2 aromatic rings. The maximum Gasteiger partial charge on any atom is 0.296 e. The Hall–Kier alpha value is -2.95. The average molecular weight is 296 g/mol. The molecule has 0 unspecified atom stereocenters. The first-order valence-corrected chi connectivity index (χ1v) is 6.76. The van der Waals surface area contributed by atoms with Gasteiger partial charge in [-0.3, -0.25) is 14.4 Å². The highest BCUT2D eigenvalue weighted by atomic mass is 16.2. The number of carbonyl (C=O) groups excluding carboxylic acids is 3. The standard InChI is InChI=1S/C17H16N2O3/c1-11-3-5-12(6-4-11)15(20)17(22)19-14-9-7-13(8-10-14)16(21)18-2/h3-10H,1-2H3,(H,18,21)(H,19,22). The number of nitrogens with one attached hydrogen (secondary N) is 2. The molecule has 0 aliphatic heterocycles. The van der Waals surface area contributed by atoms with E-state index >= 15 is 0 Å². The number of hydrogen-bond acceptors (Lipinski definition) is 3. The van der Waals surface area contributed by atoms with E-state index in [0.29, 0.717) is 16.8 Å². The highest BCUT2D eigenvalue weighted by molar-refractivity contribution is 6.46. The second-order valence-electron chi connectivity index (χ2n) is 4.81. The Bertz CT molecular complexity index is 704. The Kier molecular flexibility index (Phi) is 4.68. The first-order chi connectivity index (χ1) is 10.5. The van der Waals surface area contributed by atoms with E-state index in [2.05, 4.69) is 10.6 Å². The molecule has 0 saturated heterocycles. The van der Waals surface area contributed by atoms with Gasteiger partial charge >= 0.3 is 0 Å². The van der Waals surface area contributed by atoms with Gasteiger partial charge in [0.15, 0.2) is 0 Å². The molecule has 0 aliphatic rings. The second-order valence-corrected chi connectivity index (χ2v) is 4.81. The van der Waals surface area contributed by atoms with E-state index in [1.807, 2.05) is 6.92 Å². The Morgan fingerprint density at radius 1 is 0.818 bits per heavy atom. The van der Waals surface area contributed by atoms with Crippen molar-refractivity contribution >= 4 is 23.3 Å². The predicted molar refractivity (Wildman–Crippen MR) is 84.0 cm³/mol. The summed E-state index contributed by atoms with van der Waals surface area (Å²) in [6, 6.07) is 13.1. The minimum absolute atomic E-state index is 0.214. The monoisotopic (exact) mass is 296 g/mol. The summed E-state index contributed by atoms with van der Waals surface area (Å²) in [5, 5.41) is 5.02. The van der Waals surface area contributed by atoms with Crippen molar-refractivity contribution in [3.63, 3.8) is 0 Å². The number of aryl methyl sites for hydroxylation is 1. The van der Waals surface area contributed by atoms with Crippen molar-refractivity contribution < 1.29 is 14.4 Å². The summed E-state index contributed by atoms with van der Waals surface area (Å²) in [5.74, 6) is -1.53. The van der Waals surface area contributed by atoms with Crippen LogP contribution < -0.4 is 10.6 Å². The normalized spacial score (nSPS) is 9.91. The van der Waals surface area contributed by atoms with Gasteiger partial charge in [-0.2, -0.15) is 0 Å². The molecule has 22 heavy (non-hydrogen) atoms. The second kappa shape index (κ2) is 6.67. The van der Waals surface area contributed by atoms with Crippen LogP contribution in [0.2, 0.25) is 0 Å². The zero-order valence-corrected chi connectivity index (χ0v) is 12.3.